The maximum atomic E-state index is 12.9. The summed E-state index contributed by atoms with van der Waals surface area (Å²) in [6, 6.07) is 8.77. The van der Waals surface area contributed by atoms with Gasteiger partial charge in [-0.05, 0) is 45.7 Å². The molecule has 1 N–H and O–H groups in total. The predicted octanol–water partition coefficient (Wildman–Crippen LogP) is 5.13. The van der Waals surface area contributed by atoms with Gasteiger partial charge in [-0.25, -0.2) is 4.98 Å². The summed E-state index contributed by atoms with van der Waals surface area (Å²) in [6.45, 7) is 11.5. The molecule has 27 heavy (non-hydrogen) atoms. The molecule has 0 spiro atoms. The van der Waals surface area contributed by atoms with Crippen LogP contribution in [0, 0.1) is 19.8 Å². The Hall–Kier alpha value is -1.98. The van der Waals surface area contributed by atoms with Crippen molar-refractivity contribution < 1.29 is 0 Å². The Kier molecular flexibility index (Phi) is 5.82. The van der Waals surface area contributed by atoms with Crippen LogP contribution >= 0.6 is 11.3 Å². The van der Waals surface area contributed by atoms with Crippen LogP contribution in [0.5, 0.6) is 0 Å². The van der Waals surface area contributed by atoms with Gasteiger partial charge in [0.05, 0.1) is 11.9 Å². The van der Waals surface area contributed by atoms with Crippen LogP contribution in [0.3, 0.4) is 0 Å². The third-order valence-corrected chi connectivity index (χ3v) is 6.09. The highest BCUT2D eigenvalue weighted by Gasteiger charge is 2.18. The van der Waals surface area contributed by atoms with Gasteiger partial charge in [-0.3, -0.25) is 9.69 Å². The molecule has 0 aliphatic heterocycles. The maximum absolute atomic E-state index is 12.9. The minimum atomic E-state index is -0.0418. The van der Waals surface area contributed by atoms with Crippen LogP contribution < -0.4 is 5.56 Å². The van der Waals surface area contributed by atoms with Gasteiger partial charge in [0.1, 0.15) is 10.7 Å². The summed E-state index contributed by atoms with van der Waals surface area (Å²) in [5.74, 6) is 1.39. The van der Waals surface area contributed by atoms with Crippen LogP contribution in [0.25, 0.3) is 21.3 Å². The van der Waals surface area contributed by atoms with E-state index in [0.717, 1.165) is 33.1 Å². The smallest absolute Gasteiger partial charge is 0.260 e. The second-order valence-corrected chi connectivity index (χ2v) is 9.19. The lowest BCUT2D eigenvalue weighted by molar-refractivity contribution is 0.216. The van der Waals surface area contributed by atoms with E-state index >= 15 is 0 Å². The van der Waals surface area contributed by atoms with Crippen molar-refractivity contribution in [3.8, 4) is 11.1 Å². The molecule has 3 rings (SSSR count). The molecule has 0 radical (unpaired) electrons. The molecule has 0 saturated heterocycles. The van der Waals surface area contributed by atoms with E-state index in [4.69, 9.17) is 4.98 Å². The van der Waals surface area contributed by atoms with Crippen LogP contribution in [0.15, 0.2) is 29.1 Å². The Labute approximate surface area is 165 Å². The van der Waals surface area contributed by atoms with Gasteiger partial charge in [-0.15, -0.1) is 11.3 Å². The number of hydrogen-bond donors (Lipinski definition) is 1. The quantitative estimate of drug-likeness (QED) is 0.641. The molecule has 0 bridgehead atoms. The van der Waals surface area contributed by atoms with Crippen molar-refractivity contribution >= 4 is 21.6 Å². The normalized spacial score (nSPS) is 13.0. The average molecular weight is 384 g/mol. The number of aromatic nitrogens is 2. The molecule has 4 nitrogen and oxygen atoms in total. The first kappa shape index (κ1) is 19.8. The lowest BCUT2D eigenvalue weighted by Gasteiger charge is -2.25. The molecule has 3 aromatic rings. The number of benzene rings is 1. The zero-order valence-electron chi connectivity index (χ0n) is 17.1. The van der Waals surface area contributed by atoms with E-state index in [1.807, 2.05) is 0 Å². The molecule has 5 heteroatoms. The summed E-state index contributed by atoms with van der Waals surface area (Å²) in [5.41, 5.74) is 3.26. The Balaban J connectivity index is 1.97. The molecule has 1 atom stereocenters. The molecule has 0 aliphatic rings. The van der Waals surface area contributed by atoms with E-state index < -0.39 is 0 Å². The molecule has 1 unspecified atom stereocenters. The highest BCUT2D eigenvalue weighted by molar-refractivity contribution is 7.19. The van der Waals surface area contributed by atoms with Gasteiger partial charge in [0.2, 0.25) is 0 Å². The number of H-pyrrole nitrogens is 1. The van der Waals surface area contributed by atoms with Crippen molar-refractivity contribution in [2.45, 2.75) is 53.6 Å². The van der Waals surface area contributed by atoms with Gasteiger partial charge < -0.3 is 4.98 Å². The molecule has 1 aromatic carbocycles. The predicted molar refractivity (Wildman–Crippen MR) is 116 cm³/mol. The molecule has 2 aromatic heterocycles. The third kappa shape index (κ3) is 4.30. The van der Waals surface area contributed by atoms with Gasteiger partial charge in [0.15, 0.2) is 0 Å². The summed E-state index contributed by atoms with van der Waals surface area (Å²) in [6.07, 6.45) is 1.12. The third-order valence-electron chi connectivity index (χ3n) is 5.09. The van der Waals surface area contributed by atoms with Crippen molar-refractivity contribution in [3.05, 3.63) is 50.9 Å². The van der Waals surface area contributed by atoms with Crippen LogP contribution in [-0.2, 0) is 6.54 Å². The summed E-state index contributed by atoms with van der Waals surface area (Å²) in [5, 5.41) is 0.711. The van der Waals surface area contributed by atoms with E-state index in [0.29, 0.717) is 23.9 Å². The van der Waals surface area contributed by atoms with E-state index in [9.17, 15) is 4.79 Å². The Morgan fingerprint density at radius 2 is 1.81 bits per heavy atom. The number of aromatic amines is 1. The summed E-state index contributed by atoms with van der Waals surface area (Å²) in [4.78, 5) is 24.9. The summed E-state index contributed by atoms with van der Waals surface area (Å²) >= 11 is 1.60. The molecule has 0 amide bonds. The fourth-order valence-electron chi connectivity index (χ4n) is 3.56. The van der Waals surface area contributed by atoms with E-state index in [1.165, 1.54) is 5.56 Å². The van der Waals surface area contributed by atoms with Gasteiger partial charge in [0.25, 0.3) is 5.56 Å². The van der Waals surface area contributed by atoms with Gasteiger partial charge in [-0.1, -0.05) is 43.7 Å². The first-order chi connectivity index (χ1) is 12.8. The van der Waals surface area contributed by atoms with Crippen LogP contribution in [-0.4, -0.2) is 28.0 Å². The van der Waals surface area contributed by atoms with Crippen molar-refractivity contribution in [1.29, 1.82) is 0 Å². The van der Waals surface area contributed by atoms with Crippen LogP contribution in [0.2, 0.25) is 0 Å². The maximum Gasteiger partial charge on any atom is 0.260 e. The number of nitrogens with zero attached hydrogens (tertiary/aromatic N) is 2. The zero-order valence-corrected chi connectivity index (χ0v) is 17.9. The number of aryl methyl sites for hydroxylation is 2. The minimum Gasteiger partial charge on any atom is -0.309 e. The number of nitrogens with one attached hydrogen (secondary N) is 1. The van der Waals surface area contributed by atoms with Crippen molar-refractivity contribution in [1.82, 2.24) is 14.9 Å². The van der Waals surface area contributed by atoms with Gasteiger partial charge in [0, 0.05) is 16.5 Å². The molecular weight excluding hydrogens is 354 g/mol. The molecule has 2 heterocycles. The molecule has 0 aliphatic carbocycles. The number of hydrogen-bond acceptors (Lipinski definition) is 4. The fourth-order valence-corrected chi connectivity index (χ4v) is 4.63. The first-order valence-electron chi connectivity index (χ1n) is 9.55. The Bertz CT molecular complexity index is 985. The molecule has 0 fully saturated rings. The van der Waals surface area contributed by atoms with E-state index in [2.05, 4.69) is 75.8 Å². The van der Waals surface area contributed by atoms with Crippen molar-refractivity contribution in [2.24, 2.45) is 5.92 Å². The SMILES string of the molecule is Cc1ccc(-c2c(C)sc3nc(CN(C)C(C)CC(C)C)[nH]c(=O)c23)cc1. The topological polar surface area (TPSA) is 49.0 Å². The second kappa shape index (κ2) is 7.95. The highest BCUT2D eigenvalue weighted by atomic mass is 32.1. The molecule has 0 saturated carbocycles. The lowest BCUT2D eigenvalue weighted by Crippen LogP contribution is -2.31. The van der Waals surface area contributed by atoms with Crippen molar-refractivity contribution in [3.63, 3.8) is 0 Å². The minimum absolute atomic E-state index is 0.0418. The second-order valence-electron chi connectivity index (χ2n) is 7.99. The van der Waals surface area contributed by atoms with Crippen LogP contribution in [0.1, 0.15) is 43.5 Å². The first-order valence-corrected chi connectivity index (χ1v) is 10.4. The largest absolute Gasteiger partial charge is 0.309 e. The van der Waals surface area contributed by atoms with Gasteiger partial charge in [-0.2, -0.15) is 0 Å². The summed E-state index contributed by atoms with van der Waals surface area (Å²) in [7, 11) is 2.09. The Morgan fingerprint density at radius 1 is 1.15 bits per heavy atom. The van der Waals surface area contributed by atoms with E-state index in [1.54, 1.807) is 11.3 Å². The van der Waals surface area contributed by atoms with Crippen molar-refractivity contribution in [2.75, 3.05) is 7.05 Å². The summed E-state index contributed by atoms with van der Waals surface area (Å²) < 4.78 is 0. The van der Waals surface area contributed by atoms with E-state index in [-0.39, 0.29) is 5.56 Å². The van der Waals surface area contributed by atoms with Gasteiger partial charge >= 0.3 is 0 Å². The van der Waals surface area contributed by atoms with Crippen LogP contribution in [0.4, 0.5) is 0 Å². The monoisotopic (exact) mass is 383 g/mol. The molecular formula is C22H29N3OS. The number of fused-ring (bicyclic) bond motifs is 1. The number of thiophene rings is 1. The average Bonchev–Trinajstić information content (AvgIpc) is 2.91. The zero-order chi connectivity index (χ0) is 19.7. The molecule has 144 valence electrons. The number of rotatable bonds is 6. The standard InChI is InChI=1S/C22H29N3OS/c1-13(2)11-15(4)25(6)12-18-23-21(26)20-19(16(5)27-22(20)24-18)17-9-7-14(3)8-10-17/h7-10,13,15H,11-12H2,1-6H3,(H,23,24,26). The highest BCUT2D eigenvalue weighted by Crippen LogP contribution is 2.35. The fraction of sp³-hybridized carbons (Fsp3) is 0.455. The Morgan fingerprint density at radius 3 is 2.44 bits per heavy atom. The lowest BCUT2D eigenvalue weighted by atomic mass is 10.0.